The first-order chi connectivity index (χ1) is 19.8. The van der Waals surface area contributed by atoms with Crippen molar-refractivity contribution in [2.75, 3.05) is 5.32 Å². The molecule has 0 aliphatic heterocycles. The van der Waals surface area contributed by atoms with Crippen LogP contribution < -0.4 is 14.8 Å². The second-order valence-corrected chi connectivity index (χ2v) is 10.5. The zero-order valence-corrected chi connectivity index (χ0v) is 22.4. The molecule has 6 rings (SSSR count). The average Bonchev–Trinajstić information content (AvgIpc) is 2.96. The number of benzene rings is 5. The van der Waals surface area contributed by atoms with E-state index in [0.717, 1.165) is 21.5 Å². The van der Waals surface area contributed by atoms with E-state index in [1.165, 1.54) is 18.2 Å². The van der Waals surface area contributed by atoms with Gasteiger partial charge in [0.15, 0.2) is 0 Å². The standard InChI is InChI=1S/C32H23N3O5S/c1-2-21-11-14-26(19-29(21)41(36,37)38)33-32-34-30(39-27-15-12-22-7-3-5-9-24(22)17-27)20-31(35-32)40-28-16-13-23-8-4-6-10-25(23)18-28/h2-20H,1H2,(H,33,34,35)(H,36,37,38). The maximum Gasteiger partial charge on any atom is 0.295 e. The summed E-state index contributed by atoms with van der Waals surface area (Å²) in [5.74, 6) is 1.62. The van der Waals surface area contributed by atoms with Gasteiger partial charge in [0.05, 0.1) is 6.07 Å². The van der Waals surface area contributed by atoms with Crippen molar-refractivity contribution in [3.63, 3.8) is 0 Å². The third-order valence-corrected chi connectivity index (χ3v) is 7.24. The molecule has 0 bridgehead atoms. The van der Waals surface area contributed by atoms with Crippen LogP contribution in [0.2, 0.25) is 0 Å². The molecule has 0 saturated carbocycles. The Kier molecular flexibility index (Phi) is 6.80. The number of hydrogen-bond donors (Lipinski definition) is 2. The molecule has 41 heavy (non-hydrogen) atoms. The summed E-state index contributed by atoms with van der Waals surface area (Å²) in [6.45, 7) is 3.61. The van der Waals surface area contributed by atoms with Crippen molar-refractivity contribution in [1.82, 2.24) is 9.97 Å². The third kappa shape index (κ3) is 5.86. The van der Waals surface area contributed by atoms with Crippen LogP contribution in [-0.4, -0.2) is 22.9 Å². The van der Waals surface area contributed by atoms with E-state index in [1.54, 1.807) is 12.1 Å². The quantitative estimate of drug-likeness (QED) is 0.180. The molecule has 0 unspecified atom stereocenters. The largest absolute Gasteiger partial charge is 0.439 e. The molecule has 0 aliphatic rings. The minimum Gasteiger partial charge on any atom is -0.439 e. The molecule has 0 fully saturated rings. The molecule has 0 amide bonds. The SMILES string of the molecule is C=Cc1ccc(Nc2nc(Oc3ccc4ccccc4c3)cc(Oc3ccc4ccccc4c3)n2)cc1S(=O)(=O)O. The molecule has 2 N–H and O–H groups in total. The lowest BCUT2D eigenvalue weighted by atomic mass is 10.1. The van der Waals surface area contributed by atoms with E-state index in [0.29, 0.717) is 17.2 Å². The van der Waals surface area contributed by atoms with Crippen LogP contribution in [0.25, 0.3) is 27.6 Å². The van der Waals surface area contributed by atoms with Gasteiger partial charge in [0.1, 0.15) is 16.4 Å². The molecule has 6 aromatic rings. The first-order valence-corrected chi connectivity index (χ1v) is 14.0. The fourth-order valence-electron chi connectivity index (χ4n) is 4.40. The summed E-state index contributed by atoms with van der Waals surface area (Å²) in [6.07, 6.45) is 1.34. The van der Waals surface area contributed by atoms with E-state index in [1.807, 2.05) is 84.9 Å². The average molecular weight is 562 g/mol. The number of aromatic nitrogens is 2. The zero-order chi connectivity index (χ0) is 28.4. The van der Waals surface area contributed by atoms with Gasteiger partial charge < -0.3 is 14.8 Å². The third-order valence-electron chi connectivity index (χ3n) is 6.33. The molecule has 0 atom stereocenters. The van der Waals surface area contributed by atoms with Gasteiger partial charge in [-0.05, 0) is 63.5 Å². The summed E-state index contributed by atoms with van der Waals surface area (Å²) < 4.78 is 45.8. The van der Waals surface area contributed by atoms with E-state index in [9.17, 15) is 13.0 Å². The van der Waals surface area contributed by atoms with Gasteiger partial charge in [0, 0.05) is 5.69 Å². The molecule has 0 saturated heterocycles. The highest BCUT2D eigenvalue weighted by Crippen LogP contribution is 2.31. The Morgan fingerprint density at radius 3 is 1.73 bits per heavy atom. The van der Waals surface area contributed by atoms with Crippen molar-refractivity contribution in [2.45, 2.75) is 4.90 Å². The Bertz CT molecular complexity index is 1940. The summed E-state index contributed by atoms with van der Waals surface area (Å²) in [6, 6.07) is 33.2. The number of ether oxygens (including phenoxy) is 2. The summed E-state index contributed by atoms with van der Waals surface area (Å²) in [5.41, 5.74) is 0.579. The molecule has 8 nitrogen and oxygen atoms in total. The normalized spacial score (nSPS) is 11.3. The molecule has 0 spiro atoms. The fourth-order valence-corrected chi connectivity index (χ4v) is 5.13. The fraction of sp³-hybridized carbons (Fsp3) is 0. The van der Waals surface area contributed by atoms with Gasteiger partial charge >= 0.3 is 0 Å². The molecule has 0 aliphatic carbocycles. The Hall–Kier alpha value is -5.25. The summed E-state index contributed by atoms with van der Waals surface area (Å²) in [5, 5.41) is 7.14. The van der Waals surface area contributed by atoms with Gasteiger partial charge in [-0.25, -0.2) is 0 Å². The van der Waals surface area contributed by atoms with Crippen molar-refractivity contribution < 1.29 is 22.4 Å². The van der Waals surface area contributed by atoms with Gasteiger partial charge in [-0.15, -0.1) is 0 Å². The van der Waals surface area contributed by atoms with Crippen LogP contribution in [0.15, 0.2) is 121 Å². The Labute approximate surface area is 236 Å². The molecule has 1 aromatic heterocycles. The molecule has 5 aromatic carbocycles. The van der Waals surface area contributed by atoms with E-state index in [-0.39, 0.29) is 28.2 Å². The maximum atomic E-state index is 11.9. The van der Waals surface area contributed by atoms with E-state index >= 15 is 0 Å². The van der Waals surface area contributed by atoms with Crippen LogP contribution in [0.3, 0.4) is 0 Å². The minimum absolute atomic E-state index is 0.0896. The van der Waals surface area contributed by atoms with Crippen LogP contribution in [0.5, 0.6) is 23.3 Å². The van der Waals surface area contributed by atoms with Crippen molar-refractivity contribution in [3.05, 3.63) is 121 Å². The number of rotatable bonds is 8. The van der Waals surface area contributed by atoms with Crippen molar-refractivity contribution in [2.24, 2.45) is 0 Å². The lowest BCUT2D eigenvalue weighted by molar-refractivity contribution is 0.436. The lowest BCUT2D eigenvalue weighted by Gasteiger charge is -2.13. The predicted octanol–water partition coefficient (Wildman–Crippen LogP) is 8.00. The topological polar surface area (TPSA) is 111 Å². The highest BCUT2D eigenvalue weighted by atomic mass is 32.2. The van der Waals surface area contributed by atoms with E-state index < -0.39 is 10.1 Å². The van der Waals surface area contributed by atoms with Crippen molar-refractivity contribution in [3.8, 4) is 23.3 Å². The second-order valence-electron chi connectivity index (χ2n) is 9.15. The lowest BCUT2D eigenvalue weighted by Crippen LogP contribution is -2.04. The Morgan fingerprint density at radius 1 is 0.683 bits per heavy atom. The number of nitrogens with one attached hydrogen (secondary N) is 1. The van der Waals surface area contributed by atoms with E-state index in [2.05, 4.69) is 21.9 Å². The highest BCUT2D eigenvalue weighted by Gasteiger charge is 2.16. The molecule has 0 radical (unpaired) electrons. The molecular weight excluding hydrogens is 538 g/mol. The Morgan fingerprint density at radius 2 is 1.22 bits per heavy atom. The first-order valence-electron chi connectivity index (χ1n) is 12.6. The highest BCUT2D eigenvalue weighted by molar-refractivity contribution is 7.86. The van der Waals surface area contributed by atoms with Crippen LogP contribution in [0.1, 0.15) is 5.56 Å². The smallest absolute Gasteiger partial charge is 0.295 e. The maximum absolute atomic E-state index is 11.9. The molecule has 9 heteroatoms. The monoisotopic (exact) mass is 561 g/mol. The van der Waals surface area contributed by atoms with E-state index in [4.69, 9.17) is 9.47 Å². The van der Waals surface area contributed by atoms with Crippen LogP contribution in [0.4, 0.5) is 11.6 Å². The number of fused-ring (bicyclic) bond motifs is 2. The number of hydrogen-bond acceptors (Lipinski definition) is 7. The van der Waals surface area contributed by atoms with Crippen LogP contribution in [-0.2, 0) is 10.1 Å². The summed E-state index contributed by atoms with van der Waals surface area (Å²) >= 11 is 0. The Balaban J connectivity index is 1.37. The zero-order valence-electron chi connectivity index (χ0n) is 21.6. The minimum atomic E-state index is -4.50. The van der Waals surface area contributed by atoms with Crippen molar-refractivity contribution in [1.29, 1.82) is 0 Å². The molecular formula is C32H23N3O5S. The summed E-state index contributed by atoms with van der Waals surface area (Å²) in [4.78, 5) is 8.65. The number of nitrogens with zero attached hydrogens (tertiary/aromatic N) is 2. The van der Waals surface area contributed by atoms with Gasteiger partial charge in [-0.1, -0.05) is 79.4 Å². The van der Waals surface area contributed by atoms with Crippen LogP contribution >= 0.6 is 0 Å². The summed E-state index contributed by atoms with van der Waals surface area (Å²) in [7, 11) is -4.50. The predicted molar refractivity (Wildman–Crippen MR) is 160 cm³/mol. The number of anilines is 2. The molecule has 202 valence electrons. The van der Waals surface area contributed by atoms with Gasteiger partial charge in [-0.2, -0.15) is 18.4 Å². The van der Waals surface area contributed by atoms with Gasteiger partial charge in [0.2, 0.25) is 17.7 Å². The first kappa shape index (κ1) is 26.0. The molecule has 1 heterocycles. The van der Waals surface area contributed by atoms with Gasteiger partial charge in [0.25, 0.3) is 10.1 Å². The second kappa shape index (κ2) is 10.7. The van der Waals surface area contributed by atoms with Crippen LogP contribution in [0, 0.1) is 0 Å². The van der Waals surface area contributed by atoms with Crippen molar-refractivity contribution >= 4 is 49.4 Å². The van der Waals surface area contributed by atoms with Gasteiger partial charge in [-0.3, -0.25) is 4.55 Å².